The predicted molar refractivity (Wildman–Crippen MR) is 123 cm³/mol. The van der Waals surface area contributed by atoms with Crippen LogP contribution in [0.5, 0.6) is 11.5 Å². The Kier molecular flexibility index (Phi) is 6.07. The van der Waals surface area contributed by atoms with Crippen molar-refractivity contribution in [3.8, 4) is 22.6 Å². The Bertz CT molecular complexity index is 1410. The number of nitrogens with one attached hydrogen (secondary N) is 1. The van der Waals surface area contributed by atoms with Gasteiger partial charge in [0.1, 0.15) is 11.6 Å². The van der Waals surface area contributed by atoms with Crippen LogP contribution in [-0.4, -0.2) is 13.0 Å². The van der Waals surface area contributed by atoms with Gasteiger partial charge in [0.2, 0.25) is 0 Å². The maximum absolute atomic E-state index is 14.3. The maximum Gasteiger partial charge on any atom is 0.254 e. The van der Waals surface area contributed by atoms with Crippen LogP contribution < -0.4 is 15.0 Å². The molecule has 0 saturated carbocycles. The third-order valence-corrected chi connectivity index (χ3v) is 6.52. The van der Waals surface area contributed by atoms with Crippen LogP contribution in [0.3, 0.4) is 0 Å². The zero-order valence-electron chi connectivity index (χ0n) is 17.9. The first-order valence-corrected chi connectivity index (χ1v) is 11.9. The molecule has 0 fully saturated rings. The van der Waals surface area contributed by atoms with E-state index >= 15 is 0 Å². The SMILES string of the molecule is C=CS(=O)(=O)Nc1ccc(Oc2ccc(F)cc2F)c(-c2cn(C)c(=O)c3c2CCCC3)c1. The molecule has 9 heteroatoms. The highest BCUT2D eigenvalue weighted by atomic mass is 32.2. The number of nitrogens with zero attached hydrogens (tertiary/aromatic N) is 1. The Balaban J connectivity index is 1.91. The van der Waals surface area contributed by atoms with Crippen molar-refractivity contribution in [2.75, 3.05) is 4.72 Å². The first kappa shape index (κ1) is 22.7. The lowest BCUT2D eigenvalue weighted by molar-refractivity contribution is 0.439. The molecular formula is C24H22F2N2O4S. The van der Waals surface area contributed by atoms with E-state index in [1.807, 2.05) is 0 Å². The highest BCUT2D eigenvalue weighted by molar-refractivity contribution is 7.95. The monoisotopic (exact) mass is 472 g/mol. The standard InChI is InChI=1S/C24H22F2N2O4S/c1-3-33(30,31)27-16-9-11-22(32-23-10-8-15(25)12-21(23)26)19(13-16)20-14-28(2)24(29)18-7-5-4-6-17(18)20/h3,8-14,27H,1,4-7H2,2H3. The van der Waals surface area contributed by atoms with Crippen LogP contribution >= 0.6 is 0 Å². The van der Waals surface area contributed by atoms with E-state index in [4.69, 9.17) is 4.74 Å². The van der Waals surface area contributed by atoms with Gasteiger partial charge >= 0.3 is 0 Å². The summed E-state index contributed by atoms with van der Waals surface area (Å²) >= 11 is 0. The fraction of sp³-hybridized carbons (Fsp3) is 0.208. The molecule has 6 nitrogen and oxygen atoms in total. The van der Waals surface area contributed by atoms with Gasteiger partial charge in [0.05, 0.1) is 0 Å². The molecule has 1 heterocycles. The second-order valence-electron chi connectivity index (χ2n) is 7.82. The van der Waals surface area contributed by atoms with Gasteiger partial charge in [-0.1, -0.05) is 6.58 Å². The van der Waals surface area contributed by atoms with Crippen molar-refractivity contribution in [2.24, 2.45) is 7.05 Å². The lowest BCUT2D eigenvalue weighted by atomic mass is 9.87. The zero-order valence-corrected chi connectivity index (χ0v) is 18.7. The van der Waals surface area contributed by atoms with E-state index in [-0.39, 0.29) is 22.7 Å². The number of hydrogen-bond acceptors (Lipinski definition) is 4. The number of benzene rings is 2. The minimum absolute atomic E-state index is 0.0796. The molecule has 172 valence electrons. The smallest absolute Gasteiger partial charge is 0.254 e. The number of hydrogen-bond donors (Lipinski definition) is 1. The molecule has 33 heavy (non-hydrogen) atoms. The summed E-state index contributed by atoms with van der Waals surface area (Å²) < 4.78 is 61.3. The van der Waals surface area contributed by atoms with Gasteiger partial charge in [-0.2, -0.15) is 0 Å². The highest BCUT2D eigenvalue weighted by Gasteiger charge is 2.22. The molecule has 0 atom stereocenters. The third-order valence-electron chi connectivity index (χ3n) is 5.56. The molecule has 1 aromatic heterocycles. The second-order valence-corrected chi connectivity index (χ2v) is 9.45. The number of ether oxygens (including phenoxy) is 1. The van der Waals surface area contributed by atoms with E-state index in [1.54, 1.807) is 19.3 Å². The van der Waals surface area contributed by atoms with Crippen LogP contribution in [-0.2, 0) is 29.9 Å². The van der Waals surface area contributed by atoms with E-state index < -0.39 is 21.7 Å². The van der Waals surface area contributed by atoms with E-state index in [1.165, 1.54) is 22.8 Å². The number of sulfonamides is 1. The van der Waals surface area contributed by atoms with Crippen LogP contribution in [0.4, 0.5) is 14.5 Å². The number of aryl methyl sites for hydroxylation is 1. The lowest BCUT2D eigenvalue weighted by Gasteiger charge is -2.22. The van der Waals surface area contributed by atoms with Gasteiger partial charge in [-0.05, 0) is 61.6 Å². The molecule has 0 radical (unpaired) electrons. The van der Waals surface area contributed by atoms with Crippen molar-refractivity contribution in [1.82, 2.24) is 4.57 Å². The summed E-state index contributed by atoms with van der Waals surface area (Å²) in [5.41, 5.74) is 2.88. The van der Waals surface area contributed by atoms with Crippen LogP contribution in [0.15, 0.2) is 59.4 Å². The number of rotatable bonds is 6. The van der Waals surface area contributed by atoms with Gasteiger partial charge in [0, 0.05) is 47.1 Å². The van der Waals surface area contributed by atoms with Crippen molar-refractivity contribution in [1.29, 1.82) is 0 Å². The molecule has 0 saturated heterocycles. The quantitative estimate of drug-likeness (QED) is 0.554. The van der Waals surface area contributed by atoms with Crippen molar-refractivity contribution in [3.63, 3.8) is 0 Å². The summed E-state index contributed by atoms with van der Waals surface area (Å²) in [5, 5.41) is 0.791. The first-order valence-electron chi connectivity index (χ1n) is 10.3. The van der Waals surface area contributed by atoms with E-state index in [9.17, 15) is 22.0 Å². The second kappa shape index (κ2) is 8.82. The van der Waals surface area contributed by atoms with Gasteiger partial charge in [0.15, 0.2) is 11.6 Å². The molecule has 4 rings (SSSR count). The Morgan fingerprint density at radius 2 is 1.73 bits per heavy atom. The number of halogens is 2. The molecule has 3 aromatic rings. The molecule has 1 aliphatic carbocycles. The molecular weight excluding hydrogens is 450 g/mol. The van der Waals surface area contributed by atoms with E-state index in [0.717, 1.165) is 35.9 Å². The Hall–Kier alpha value is -3.46. The molecule has 0 spiro atoms. The lowest BCUT2D eigenvalue weighted by Crippen LogP contribution is -2.25. The van der Waals surface area contributed by atoms with Gasteiger partial charge in [-0.3, -0.25) is 9.52 Å². The fourth-order valence-electron chi connectivity index (χ4n) is 3.99. The highest BCUT2D eigenvalue weighted by Crippen LogP contribution is 2.40. The third kappa shape index (κ3) is 4.68. The van der Waals surface area contributed by atoms with E-state index in [0.29, 0.717) is 29.5 Å². The van der Waals surface area contributed by atoms with Crippen LogP contribution in [0, 0.1) is 11.6 Å². The molecule has 0 amide bonds. The first-order chi connectivity index (χ1) is 15.7. The van der Waals surface area contributed by atoms with E-state index in [2.05, 4.69) is 11.3 Å². The average molecular weight is 473 g/mol. The fourth-order valence-corrected chi connectivity index (χ4v) is 4.53. The van der Waals surface area contributed by atoms with Crippen LogP contribution in [0.25, 0.3) is 11.1 Å². The van der Waals surface area contributed by atoms with Gasteiger partial charge in [0.25, 0.3) is 15.6 Å². The Morgan fingerprint density at radius 1 is 1.03 bits per heavy atom. The van der Waals surface area contributed by atoms with Gasteiger partial charge < -0.3 is 9.30 Å². The Morgan fingerprint density at radius 3 is 2.42 bits per heavy atom. The maximum atomic E-state index is 14.3. The molecule has 1 aliphatic rings. The minimum atomic E-state index is -3.77. The molecule has 0 bridgehead atoms. The summed E-state index contributed by atoms with van der Waals surface area (Å²) in [5.74, 6) is -1.56. The van der Waals surface area contributed by atoms with Crippen molar-refractivity contribution < 1.29 is 21.9 Å². The molecule has 2 aromatic carbocycles. The summed E-state index contributed by atoms with van der Waals surface area (Å²) in [6.45, 7) is 3.29. The largest absolute Gasteiger partial charge is 0.454 e. The Labute approximate surface area is 190 Å². The summed E-state index contributed by atoms with van der Waals surface area (Å²) in [6.07, 6.45) is 4.78. The number of anilines is 1. The number of aromatic nitrogens is 1. The summed E-state index contributed by atoms with van der Waals surface area (Å²) in [4.78, 5) is 12.7. The summed E-state index contributed by atoms with van der Waals surface area (Å²) in [7, 11) is -2.13. The minimum Gasteiger partial charge on any atom is -0.454 e. The van der Waals surface area contributed by atoms with Crippen LogP contribution in [0.1, 0.15) is 24.0 Å². The van der Waals surface area contributed by atoms with Crippen molar-refractivity contribution in [3.05, 3.63) is 87.7 Å². The summed E-state index contributed by atoms with van der Waals surface area (Å²) in [6, 6.07) is 7.51. The topological polar surface area (TPSA) is 77.4 Å². The van der Waals surface area contributed by atoms with Crippen molar-refractivity contribution in [2.45, 2.75) is 25.7 Å². The number of pyridine rings is 1. The van der Waals surface area contributed by atoms with Gasteiger partial charge in [-0.25, -0.2) is 17.2 Å². The van der Waals surface area contributed by atoms with Crippen LogP contribution in [0.2, 0.25) is 0 Å². The molecule has 1 N–H and O–H groups in total. The molecule has 0 aliphatic heterocycles. The normalized spacial score (nSPS) is 13.3. The average Bonchev–Trinajstić information content (AvgIpc) is 2.79. The zero-order chi connectivity index (χ0) is 23.8. The van der Waals surface area contributed by atoms with Gasteiger partial charge in [-0.15, -0.1) is 0 Å². The van der Waals surface area contributed by atoms with Crippen molar-refractivity contribution >= 4 is 15.7 Å². The predicted octanol–water partition coefficient (Wildman–Crippen LogP) is 4.89. The molecule has 0 unspecified atom stereocenters. The number of fused-ring (bicyclic) bond motifs is 1.